The quantitative estimate of drug-likeness (QED) is 0.708. The summed E-state index contributed by atoms with van der Waals surface area (Å²) in [5.41, 5.74) is 0.292. The molecule has 27 heavy (non-hydrogen) atoms. The summed E-state index contributed by atoms with van der Waals surface area (Å²) in [6, 6.07) is 16.2. The molecule has 0 fully saturated rings. The maximum atomic E-state index is 12.3. The van der Waals surface area contributed by atoms with Crippen LogP contribution in [0.25, 0.3) is 0 Å². The van der Waals surface area contributed by atoms with Crippen molar-refractivity contribution >= 4 is 11.9 Å². The fourth-order valence-electron chi connectivity index (χ4n) is 2.57. The normalized spacial score (nSPS) is 14.0. The number of carboxylic acids is 1. The van der Waals surface area contributed by atoms with Gasteiger partial charge in [-0.25, -0.2) is 0 Å². The van der Waals surface area contributed by atoms with Gasteiger partial charge in [-0.3, -0.25) is 9.59 Å². The Bertz CT molecular complexity index is 777. The first-order valence-corrected chi connectivity index (χ1v) is 8.68. The van der Waals surface area contributed by atoms with Gasteiger partial charge in [0.2, 0.25) is 5.91 Å². The Morgan fingerprint density at radius 2 is 1.85 bits per heavy atom. The van der Waals surface area contributed by atoms with Crippen molar-refractivity contribution in [3.05, 3.63) is 65.7 Å². The van der Waals surface area contributed by atoms with Crippen LogP contribution in [0.2, 0.25) is 0 Å². The summed E-state index contributed by atoms with van der Waals surface area (Å²) in [5, 5.41) is 12.3. The Morgan fingerprint density at radius 1 is 1.15 bits per heavy atom. The van der Waals surface area contributed by atoms with E-state index in [1.54, 1.807) is 45.2 Å². The van der Waals surface area contributed by atoms with Crippen LogP contribution >= 0.6 is 0 Å². The summed E-state index contributed by atoms with van der Waals surface area (Å²) in [6.45, 7) is 3.45. The molecular formula is C21H25NO5. The summed E-state index contributed by atoms with van der Waals surface area (Å²) < 4.78 is 10.8. The van der Waals surface area contributed by atoms with Gasteiger partial charge in [-0.1, -0.05) is 42.5 Å². The minimum absolute atomic E-state index is 0.0297. The number of methoxy groups -OCH3 is 1. The summed E-state index contributed by atoms with van der Waals surface area (Å²) in [5.74, 6) is -0.645. The van der Waals surface area contributed by atoms with Crippen LogP contribution in [0.3, 0.4) is 0 Å². The fraction of sp³-hybridized carbons (Fsp3) is 0.333. The third kappa shape index (κ3) is 5.31. The molecule has 0 heterocycles. The Balaban J connectivity index is 1.94. The third-order valence-electron chi connectivity index (χ3n) is 4.50. The lowest BCUT2D eigenvalue weighted by molar-refractivity contribution is -0.143. The maximum absolute atomic E-state index is 12.3. The average Bonchev–Trinajstić information content (AvgIpc) is 2.70. The van der Waals surface area contributed by atoms with Crippen LogP contribution < -0.4 is 10.1 Å². The first kappa shape index (κ1) is 20.5. The molecule has 0 bridgehead atoms. The van der Waals surface area contributed by atoms with Crippen molar-refractivity contribution in [1.29, 1.82) is 0 Å². The van der Waals surface area contributed by atoms with Gasteiger partial charge in [-0.05, 0) is 37.1 Å². The molecule has 0 saturated heterocycles. The van der Waals surface area contributed by atoms with Crippen LogP contribution in [0.5, 0.6) is 5.75 Å². The zero-order chi connectivity index (χ0) is 19.9. The highest BCUT2D eigenvalue weighted by Crippen LogP contribution is 2.23. The SMILES string of the molecule is COc1cccc(COC(C)C(=O)NCC(C)(C(=O)O)c2ccccc2)c1. The van der Waals surface area contributed by atoms with Gasteiger partial charge in [0.25, 0.3) is 0 Å². The molecule has 0 aliphatic heterocycles. The van der Waals surface area contributed by atoms with E-state index < -0.39 is 17.5 Å². The van der Waals surface area contributed by atoms with Gasteiger partial charge < -0.3 is 19.9 Å². The van der Waals surface area contributed by atoms with E-state index in [0.717, 1.165) is 5.56 Å². The summed E-state index contributed by atoms with van der Waals surface area (Å²) in [4.78, 5) is 24.1. The Morgan fingerprint density at radius 3 is 2.48 bits per heavy atom. The lowest BCUT2D eigenvalue weighted by Gasteiger charge is -2.26. The van der Waals surface area contributed by atoms with Gasteiger partial charge in [0.1, 0.15) is 17.3 Å². The molecule has 144 valence electrons. The number of benzene rings is 2. The van der Waals surface area contributed by atoms with Crippen LogP contribution in [0.4, 0.5) is 0 Å². The Labute approximate surface area is 159 Å². The molecule has 2 rings (SSSR count). The number of aliphatic carboxylic acids is 1. The number of hydrogen-bond acceptors (Lipinski definition) is 4. The van der Waals surface area contributed by atoms with Crippen LogP contribution in [-0.2, 0) is 26.3 Å². The molecule has 2 aromatic rings. The zero-order valence-electron chi connectivity index (χ0n) is 15.8. The van der Waals surface area contributed by atoms with Gasteiger partial charge in [0.15, 0.2) is 0 Å². The van der Waals surface area contributed by atoms with E-state index >= 15 is 0 Å². The minimum Gasteiger partial charge on any atom is -0.497 e. The number of carboxylic acid groups (broad SMARTS) is 1. The van der Waals surface area contributed by atoms with Crippen LogP contribution in [-0.4, -0.2) is 36.7 Å². The van der Waals surface area contributed by atoms with E-state index in [1.807, 2.05) is 30.3 Å². The van der Waals surface area contributed by atoms with E-state index in [1.165, 1.54) is 0 Å². The molecule has 0 saturated carbocycles. The van der Waals surface area contributed by atoms with Gasteiger partial charge in [0.05, 0.1) is 13.7 Å². The molecule has 0 spiro atoms. The topological polar surface area (TPSA) is 84.9 Å². The largest absolute Gasteiger partial charge is 0.497 e. The molecule has 2 atom stereocenters. The standard InChI is InChI=1S/C21H25NO5/c1-15(27-13-16-8-7-11-18(12-16)26-3)19(23)22-14-21(2,20(24)25)17-9-5-4-6-10-17/h4-12,15H,13-14H2,1-3H3,(H,22,23)(H,24,25). The zero-order valence-corrected chi connectivity index (χ0v) is 15.8. The van der Waals surface area contributed by atoms with E-state index in [0.29, 0.717) is 11.3 Å². The lowest BCUT2D eigenvalue weighted by Crippen LogP contribution is -2.47. The van der Waals surface area contributed by atoms with E-state index in [2.05, 4.69) is 5.32 Å². The Hall–Kier alpha value is -2.86. The van der Waals surface area contributed by atoms with Crippen LogP contribution in [0, 0.1) is 0 Å². The highest BCUT2D eigenvalue weighted by Gasteiger charge is 2.35. The molecule has 0 radical (unpaired) electrons. The lowest BCUT2D eigenvalue weighted by atomic mass is 9.82. The fourth-order valence-corrected chi connectivity index (χ4v) is 2.57. The molecule has 6 heteroatoms. The van der Waals surface area contributed by atoms with Crippen molar-refractivity contribution in [2.45, 2.75) is 32.0 Å². The maximum Gasteiger partial charge on any atom is 0.315 e. The van der Waals surface area contributed by atoms with Crippen molar-refractivity contribution in [2.24, 2.45) is 0 Å². The summed E-state index contributed by atoms with van der Waals surface area (Å²) >= 11 is 0. The third-order valence-corrected chi connectivity index (χ3v) is 4.50. The van der Waals surface area contributed by atoms with Crippen molar-refractivity contribution in [3.63, 3.8) is 0 Å². The van der Waals surface area contributed by atoms with Gasteiger partial charge in [0, 0.05) is 6.54 Å². The number of nitrogens with one attached hydrogen (secondary N) is 1. The number of carbonyl (C=O) groups excluding carboxylic acids is 1. The molecular weight excluding hydrogens is 346 g/mol. The number of ether oxygens (including phenoxy) is 2. The highest BCUT2D eigenvalue weighted by atomic mass is 16.5. The Kier molecular flexibility index (Phi) is 6.96. The number of amides is 1. The molecule has 1 amide bonds. The molecule has 0 aliphatic carbocycles. The predicted octanol–water partition coefficient (Wildman–Crippen LogP) is 2.76. The van der Waals surface area contributed by atoms with Crippen molar-refractivity contribution in [1.82, 2.24) is 5.32 Å². The molecule has 2 unspecified atom stereocenters. The first-order valence-electron chi connectivity index (χ1n) is 8.68. The summed E-state index contributed by atoms with van der Waals surface area (Å²) in [6.07, 6.45) is -0.718. The second-order valence-electron chi connectivity index (χ2n) is 6.53. The van der Waals surface area contributed by atoms with E-state index in [9.17, 15) is 14.7 Å². The first-order chi connectivity index (χ1) is 12.9. The molecule has 0 aromatic heterocycles. The smallest absolute Gasteiger partial charge is 0.315 e. The van der Waals surface area contributed by atoms with E-state index in [-0.39, 0.29) is 19.1 Å². The number of hydrogen-bond donors (Lipinski definition) is 2. The van der Waals surface area contributed by atoms with Crippen LogP contribution in [0.15, 0.2) is 54.6 Å². The van der Waals surface area contributed by atoms with Gasteiger partial charge in [-0.2, -0.15) is 0 Å². The van der Waals surface area contributed by atoms with Crippen LogP contribution in [0.1, 0.15) is 25.0 Å². The van der Waals surface area contributed by atoms with Gasteiger partial charge >= 0.3 is 5.97 Å². The molecule has 0 aliphatic rings. The molecule has 6 nitrogen and oxygen atoms in total. The van der Waals surface area contributed by atoms with Crippen molar-refractivity contribution < 1.29 is 24.2 Å². The van der Waals surface area contributed by atoms with E-state index in [4.69, 9.17) is 9.47 Å². The monoisotopic (exact) mass is 371 g/mol. The van der Waals surface area contributed by atoms with Crippen molar-refractivity contribution in [3.8, 4) is 5.75 Å². The van der Waals surface area contributed by atoms with Crippen molar-refractivity contribution in [2.75, 3.05) is 13.7 Å². The second-order valence-corrected chi connectivity index (χ2v) is 6.53. The number of rotatable bonds is 9. The summed E-state index contributed by atoms with van der Waals surface area (Å²) in [7, 11) is 1.59. The second kappa shape index (κ2) is 9.19. The predicted molar refractivity (Wildman–Crippen MR) is 102 cm³/mol. The average molecular weight is 371 g/mol. The highest BCUT2D eigenvalue weighted by molar-refractivity contribution is 5.84. The number of carbonyl (C=O) groups is 2. The molecule has 2 N–H and O–H groups in total. The minimum atomic E-state index is -1.22. The molecule has 2 aromatic carbocycles. The van der Waals surface area contributed by atoms with Gasteiger partial charge in [-0.15, -0.1) is 0 Å².